The summed E-state index contributed by atoms with van der Waals surface area (Å²) in [7, 11) is 0. The highest BCUT2D eigenvalue weighted by Gasteiger charge is 2.31. The van der Waals surface area contributed by atoms with E-state index in [1.807, 2.05) is 20.8 Å². The Morgan fingerprint density at radius 2 is 1.66 bits per heavy atom. The number of rotatable bonds is 4. The van der Waals surface area contributed by atoms with Gasteiger partial charge in [0.1, 0.15) is 11.4 Å². The number of nitrogens with zero attached hydrogens (tertiary/aromatic N) is 1. The number of carbonyl (C=O) groups excluding carboxylic acids is 2. The molecule has 162 valence electrons. The van der Waals surface area contributed by atoms with Gasteiger partial charge in [-0.25, -0.2) is 9.18 Å². The molecule has 0 spiro atoms. The zero-order valence-corrected chi connectivity index (χ0v) is 18.5. The maximum absolute atomic E-state index is 13.3. The lowest BCUT2D eigenvalue weighted by Gasteiger charge is -2.35. The second kappa shape index (κ2) is 9.14. The van der Waals surface area contributed by atoms with Crippen molar-refractivity contribution in [1.29, 1.82) is 0 Å². The summed E-state index contributed by atoms with van der Waals surface area (Å²) >= 11 is 0. The van der Waals surface area contributed by atoms with E-state index in [0.29, 0.717) is 19.5 Å². The third-order valence-corrected chi connectivity index (χ3v) is 5.11. The van der Waals surface area contributed by atoms with Crippen molar-refractivity contribution in [1.82, 2.24) is 10.2 Å². The molecule has 1 atom stereocenters. The maximum atomic E-state index is 13.3. The fourth-order valence-electron chi connectivity index (χ4n) is 3.58. The normalized spacial score (nSPS) is 17.0. The molecule has 1 N–H and O–H groups in total. The SMILES string of the molecule is CC(C)(C)OC(=O)N1CCC(CC(=O)NC(c2ccc(F)cc2)C(C)(C)C)CC1. The molecule has 0 aliphatic carbocycles. The van der Waals surface area contributed by atoms with Gasteiger partial charge in [0.2, 0.25) is 5.91 Å². The van der Waals surface area contributed by atoms with E-state index in [2.05, 4.69) is 26.1 Å². The zero-order valence-electron chi connectivity index (χ0n) is 18.5. The van der Waals surface area contributed by atoms with Gasteiger partial charge < -0.3 is 15.0 Å². The van der Waals surface area contributed by atoms with Crippen molar-refractivity contribution in [2.75, 3.05) is 13.1 Å². The molecule has 1 saturated heterocycles. The van der Waals surface area contributed by atoms with Crippen molar-refractivity contribution in [2.24, 2.45) is 11.3 Å². The number of amides is 2. The van der Waals surface area contributed by atoms with Crippen LogP contribution in [0.3, 0.4) is 0 Å². The van der Waals surface area contributed by atoms with Crippen LogP contribution in [0.25, 0.3) is 0 Å². The molecular formula is C23H35FN2O3. The Bertz CT molecular complexity index is 696. The minimum Gasteiger partial charge on any atom is -0.444 e. The molecule has 1 heterocycles. The lowest BCUT2D eigenvalue weighted by molar-refractivity contribution is -0.123. The van der Waals surface area contributed by atoms with Gasteiger partial charge in [-0.05, 0) is 62.6 Å². The summed E-state index contributed by atoms with van der Waals surface area (Å²) in [6, 6.07) is 6.10. The number of benzene rings is 1. The van der Waals surface area contributed by atoms with Crippen molar-refractivity contribution < 1.29 is 18.7 Å². The summed E-state index contributed by atoms with van der Waals surface area (Å²) in [5.41, 5.74) is 0.191. The first-order valence-electron chi connectivity index (χ1n) is 10.4. The van der Waals surface area contributed by atoms with Crippen LogP contribution in [0.2, 0.25) is 0 Å². The molecule has 2 rings (SSSR count). The molecule has 6 heteroatoms. The third-order valence-electron chi connectivity index (χ3n) is 5.11. The Labute approximate surface area is 174 Å². The first kappa shape index (κ1) is 23.2. The van der Waals surface area contributed by atoms with E-state index in [1.165, 1.54) is 12.1 Å². The van der Waals surface area contributed by atoms with Crippen molar-refractivity contribution >= 4 is 12.0 Å². The molecule has 5 nitrogen and oxygen atoms in total. The molecule has 0 bridgehead atoms. The zero-order chi connectivity index (χ0) is 21.8. The van der Waals surface area contributed by atoms with Crippen molar-refractivity contribution in [3.05, 3.63) is 35.6 Å². The van der Waals surface area contributed by atoms with Crippen LogP contribution in [-0.2, 0) is 9.53 Å². The monoisotopic (exact) mass is 406 g/mol. The van der Waals surface area contributed by atoms with Crippen molar-refractivity contribution in [3.8, 4) is 0 Å². The van der Waals surface area contributed by atoms with Crippen molar-refractivity contribution in [2.45, 2.75) is 72.4 Å². The molecule has 1 unspecified atom stereocenters. The molecule has 0 saturated carbocycles. The quantitative estimate of drug-likeness (QED) is 0.760. The molecule has 1 fully saturated rings. The van der Waals surface area contributed by atoms with Gasteiger partial charge in [0.25, 0.3) is 0 Å². The molecule has 1 aliphatic rings. The van der Waals surface area contributed by atoms with Crippen LogP contribution in [0.4, 0.5) is 9.18 Å². The number of halogens is 1. The minimum absolute atomic E-state index is 0.00929. The first-order valence-corrected chi connectivity index (χ1v) is 10.4. The Hall–Kier alpha value is -2.11. The highest BCUT2D eigenvalue weighted by atomic mass is 19.1. The summed E-state index contributed by atoms with van der Waals surface area (Å²) in [5.74, 6) is -0.0584. The van der Waals surface area contributed by atoms with Gasteiger partial charge >= 0.3 is 6.09 Å². The molecule has 0 aromatic heterocycles. The van der Waals surface area contributed by atoms with E-state index in [0.717, 1.165) is 18.4 Å². The average Bonchev–Trinajstić information content (AvgIpc) is 2.59. The first-order chi connectivity index (χ1) is 13.3. The second-order valence-corrected chi connectivity index (χ2v) is 10.0. The Kier molecular flexibility index (Phi) is 7.30. The predicted molar refractivity (Wildman–Crippen MR) is 112 cm³/mol. The standard InChI is InChI=1S/C23H35FN2O3/c1-22(2,3)20(17-7-9-18(24)10-8-17)25-19(27)15-16-11-13-26(14-12-16)21(28)29-23(4,5)6/h7-10,16,20H,11-15H2,1-6H3,(H,25,27). The Morgan fingerprint density at radius 3 is 2.14 bits per heavy atom. The fraction of sp³-hybridized carbons (Fsp3) is 0.652. The lowest BCUT2D eigenvalue weighted by atomic mass is 9.82. The molecule has 1 aromatic carbocycles. The number of ether oxygens (including phenoxy) is 1. The Balaban J connectivity index is 1.90. The van der Waals surface area contributed by atoms with Crippen LogP contribution in [-0.4, -0.2) is 35.6 Å². The highest BCUT2D eigenvalue weighted by Crippen LogP contribution is 2.33. The highest BCUT2D eigenvalue weighted by molar-refractivity contribution is 5.77. The van der Waals surface area contributed by atoms with Gasteiger partial charge in [-0.3, -0.25) is 4.79 Å². The van der Waals surface area contributed by atoms with Gasteiger partial charge in [-0.2, -0.15) is 0 Å². The smallest absolute Gasteiger partial charge is 0.410 e. The van der Waals surface area contributed by atoms with Crippen LogP contribution in [0.1, 0.15) is 72.4 Å². The van der Waals surface area contributed by atoms with Gasteiger partial charge in [-0.15, -0.1) is 0 Å². The number of carbonyl (C=O) groups is 2. The summed E-state index contributed by atoms with van der Waals surface area (Å²) < 4.78 is 18.7. The average molecular weight is 407 g/mol. The van der Waals surface area contributed by atoms with Crippen LogP contribution >= 0.6 is 0 Å². The van der Waals surface area contributed by atoms with E-state index in [4.69, 9.17) is 4.74 Å². The predicted octanol–water partition coefficient (Wildman–Crippen LogP) is 5.07. The number of likely N-dealkylation sites (tertiary alicyclic amines) is 1. The maximum Gasteiger partial charge on any atom is 0.410 e. The number of hydrogen-bond acceptors (Lipinski definition) is 3. The summed E-state index contributed by atoms with van der Waals surface area (Å²) in [4.78, 5) is 26.6. The van der Waals surface area contributed by atoms with Gasteiger partial charge in [-0.1, -0.05) is 32.9 Å². The topological polar surface area (TPSA) is 58.6 Å². The van der Waals surface area contributed by atoms with Gasteiger partial charge in [0.05, 0.1) is 6.04 Å². The van der Waals surface area contributed by atoms with Crippen LogP contribution in [0.5, 0.6) is 0 Å². The molecule has 1 aromatic rings. The van der Waals surface area contributed by atoms with Crippen LogP contribution in [0.15, 0.2) is 24.3 Å². The summed E-state index contributed by atoms with van der Waals surface area (Å²) in [6.07, 6.45) is 1.70. The third kappa shape index (κ3) is 7.33. The number of nitrogens with one attached hydrogen (secondary N) is 1. The summed E-state index contributed by atoms with van der Waals surface area (Å²) in [6.45, 7) is 12.9. The van der Waals surface area contributed by atoms with E-state index < -0.39 is 5.60 Å². The van der Waals surface area contributed by atoms with E-state index >= 15 is 0 Å². The Morgan fingerprint density at radius 1 is 1.10 bits per heavy atom. The lowest BCUT2D eigenvalue weighted by Crippen LogP contribution is -2.43. The van der Waals surface area contributed by atoms with E-state index in [1.54, 1.807) is 17.0 Å². The molecule has 29 heavy (non-hydrogen) atoms. The molecule has 2 amide bonds. The van der Waals surface area contributed by atoms with Gasteiger partial charge in [0, 0.05) is 19.5 Å². The van der Waals surface area contributed by atoms with Gasteiger partial charge in [0.15, 0.2) is 0 Å². The van der Waals surface area contributed by atoms with Crippen LogP contribution in [0, 0.1) is 17.2 Å². The minimum atomic E-state index is -0.504. The van der Waals surface area contributed by atoms with E-state index in [-0.39, 0.29) is 35.2 Å². The molecule has 1 aliphatic heterocycles. The van der Waals surface area contributed by atoms with Crippen LogP contribution < -0.4 is 5.32 Å². The number of hydrogen-bond donors (Lipinski definition) is 1. The largest absolute Gasteiger partial charge is 0.444 e. The second-order valence-electron chi connectivity index (χ2n) is 10.0. The number of piperidine rings is 1. The fourth-order valence-corrected chi connectivity index (χ4v) is 3.58. The summed E-state index contributed by atoms with van der Waals surface area (Å²) in [5, 5.41) is 3.14. The molecule has 0 radical (unpaired) electrons. The van der Waals surface area contributed by atoms with Crippen molar-refractivity contribution in [3.63, 3.8) is 0 Å². The van der Waals surface area contributed by atoms with E-state index in [9.17, 15) is 14.0 Å². The molecular weight excluding hydrogens is 371 g/mol.